The molecule has 6 heteroatoms. The SMILES string of the molecule is CSc1nc(C(=N)N)cn2ccnc12. The molecule has 0 saturated carbocycles. The third-order valence-electron chi connectivity index (χ3n) is 1.81. The Morgan fingerprint density at radius 2 is 2.43 bits per heavy atom. The summed E-state index contributed by atoms with van der Waals surface area (Å²) in [7, 11) is 0. The summed E-state index contributed by atoms with van der Waals surface area (Å²) >= 11 is 1.49. The van der Waals surface area contributed by atoms with E-state index < -0.39 is 0 Å². The minimum atomic E-state index is -0.0316. The lowest BCUT2D eigenvalue weighted by Gasteiger charge is -2.03. The number of hydrogen-bond acceptors (Lipinski definition) is 4. The highest BCUT2D eigenvalue weighted by molar-refractivity contribution is 7.98. The van der Waals surface area contributed by atoms with E-state index in [4.69, 9.17) is 11.1 Å². The Morgan fingerprint density at radius 1 is 1.64 bits per heavy atom. The van der Waals surface area contributed by atoms with E-state index in [1.54, 1.807) is 12.4 Å². The summed E-state index contributed by atoms with van der Waals surface area (Å²) in [6.45, 7) is 0. The molecule has 0 spiro atoms. The quantitative estimate of drug-likeness (QED) is 0.432. The number of aromatic nitrogens is 3. The first-order valence-electron chi connectivity index (χ1n) is 3.94. The molecule has 0 aliphatic heterocycles. The fraction of sp³-hybridized carbons (Fsp3) is 0.125. The van der Waals surface area contributed by atoms with E-state index in [1.807, 2.05) is 16.9 Å². The fourth-order valence-corrected chi connectivity index (χ4v) is 1.70. The molecule has 2 aromatic heterocycles. The van der Waals surface area contributed by atoms with Crippen LogP contribution in [0.1, 0.15) is 5.69 Å². The van der Waals surface area contributed by atoms with Crippen LogP contribution in [-0.2, 0) is 0 Å². The predicted octanol–water partition coefficient (Wildman–Crippen LogP) is 0.735. The van der Waals surface area contributed by atoms with Crippen molar-refractivity contribution in [3.8, 4) is 0 Å². The molecular weight excluding hydrogens is 198 g/mol. The van der Waals surface area contributed by atoms with Gasteiger partial charge >= 0.3 is 0 Å². The van der Waals surface area contributed by atoms with Crippen molar-refractivity contribution in [2.24, 2.45) is 5.73 Å². The number of fused-ring (bicyclic) bond motifs is 1. The molecule has 5 nitrogen and oxygen atoms in total. The van der Waals surface area contributed by atoms with Crippen molar-refractivity contribution in [2.45, 2.75) is 5.03 Å². The molecule has 0 aliphatic carbocycles. The first-order valence-corrected chi connectivity index (χ1v) is 5.17. The van der Waals surface area contributed by atoms with Crippen LogP contribution in [0.3, 0.4) is 0 Å². The predicted molar refractivity (Wildman–Crippen MR) is 55.8 cm³/mol. The molecule has 2 aromatic rings. The van der Waals surface area contributed by atoms with Gasteiger partial charge in [0.25, 0.3) is 0 Å². The number of hydrogen-bond donors (Lipinski definition) is 2. The summed E-state index contributed by atoms with van der Waals surface area (Å²) in [6.07, 6.45) is 7.12. The molecule has 0 saturated heterocycles. The zero-order valence-corrected chi connectivity index (χ0v) is 8.38. The molecule has 0 atom stereocenters. The van der Waals surface area contributed by atoms with Crippen LogP contribution >= 0.6 is 11.8 Å². The number of nitrogen functional groups attached to an aromatic ring is 1. The van der Waals surface area contributed by atoms with E-state index in [-0.39, 0.29) is 5.84 Å². The zero-order chi connectivity index (χ0) is 10.1. The largest absolute Gasteiger partial charge is 0.382 e. The van der Waals surface area contributed by atoms with Crippen molar-refractivity contribution in [1.82, 2.24) is 14.4 Å². The normalized spacial score (nSPS) is 10.6. The highest BCUT2D eigenvalue weighted by Crippen LogP contribution is 2.17. The molecule has 0 aromatic carbocycles. The average molecular weight is 207 g/mol. The number of rotatable bonds is 2. The van der Waals surface area contributed by atoms with Crippen molar-refractivity contribution in [3.05, 3.63) is 24.3 Å². The van der Waals surface area contributed by atoms with Crippen LogP contribution in [0.2, 0.25) is 0 Å². The van der Waals surface area contributed by atoms with E-state index in [1.165, 1.54) is 11.8 Å². The Morgan fingerprint density at radius 3 is 3.07 bits per heavy atom. The lowest BCUT2D eigenvalue weighted by atomic mass is 10.4. The van der Waals surface area contributed by atoms with Gasteiger partial charge in [0.05, 0.1) is 0 Å². The van der Waals surface area contributed by atoms with Crippen molar-refractivity contribution in [1.29, 1.82) is 5.41 Å². The molecule has 0 aliphatic rings. The lowest BCUT2D eigenvalue weighted by Crippen LogP contribution is -2.14. The third-order valence-corrected chi connectivity index (χ3v) is 2.47. The van der Waals surface area contributed by atoms with Crippen molar-refractivity contribution in [2.75, 3.05) is 6.26 Å². The summed E-state index contributed by atoms with van der Waals surface area (Å²) in [4.78, 5) is 8.38. The van der Waals surface area contributed by atoms with Crippen molar-refractivity contribution >= 4 is 23.2 Å². The summed E-state index contributed by atoms with van der Waals surface area (Å²) in [5, 5.41) is 8.09. The minimum absolute atomic E-state index is 0.0316. The Labute approximate surface area is 84.9 Å². The molecule has 14 heavy (non-hydrogen) atoms. The van der Waals surface area contributed by atoms with Gasteiger partial charge in [0.1, 0.15) is 16.6 Å². The Balaban J connectivity index is 2.73. The number of imidazole rings is 1. The van der Waals surface area contributed by atoms with Gasteiger partial charge in [-0.2, -0.15) is 0 Å². The molecule has 2 heterocycles. The second-order valence-electron chi connectivity index (χ2n) is 2.71. The molecule has 3 N–H and O–H groups in total. The smallest absolute Gasteiger partial charge is 0.169 e. The van der Waals surface area contributed by atoms with E-state index in [0.29, 0.717) is 5.69 Å². The monoisotopic (exact) mass is 207 g/mol. The van der Waals surface area contributed by atoms with E-state index in [9.17, 15) is 0 Å². The van der Waals surface area contributed by atoms with Crippen LogP contribution in [0.25, 0.3) is 5.65 Å². The maximum Gasteiger partial charge on any atom is 0.169 e. The second kappa shape index (κ2) is 3.30. The number of nitrogens with zero attached hydrogens (tertiary/aromatic N) is 3. The third kappa shape index (κ3) is 1.33. The first-order chi connectivity index (χ1) is 6.72. The topological polar surface area (TPSA) is 80.1 Å². The minimum Gasteiger partial charge on any atom is -0.382 e. The van der Waals surface area contributed by atoms with Gasteiger partial charge < -0.3 is 10.1 Å². The van der Waals surface area contributed by atoms with Gasteiger partial charge in [-0.05, 0) is 6.26 Å². The maximum atomic E-state index is 7.31. The Bertz CT molecular complexity index is 489. The Kier molecular flexibility index (Phi) is 2.12. The molecule has 0 radical (unpaired) electrons. The molecule has 2 rings (SSSR count). The van der Waals surface area contributed by atoms with Gasteiger partial charge in [-0.25, -0.2) is 9.97 Å². The number of nitrogens with two attached hydrogens (primary N) is 1. The number of nitrogens with one attached hydrogen (secondary N) is 1. The van der Waals surface area contributed by atoms with E-state index in [2.05, 4.69) is 9.97 Å². The molecular formula is C8H9N5S. The summed E-state index contributed by atoms with van der Waals surface area (Å²) in [5.74, 6) is -0.0316. The zero-order valence-electron chi connectivity index (χ0n) is 7.56. The molecule has 0 fully saturated rings. The fourth-order valence-electron chi connectivity index (χ4n) is 1.17. The van der Waals surface area contributed by atoms with Crippen molar-refractivity contribution < 1.29 is 0 Å². The van der Waals surface area contributed by atoms with Crippen LogP contribution in [0.4, 0.5) is 0 Å². The summed E-state index contributed by atoms with van der Waals surface area (Å²) < 4.78 is 1.82. The maximum absolute atomic E-state index is 7.31. The van der Waals surface area contributed by atoms with Gasteiger partial charge in [-0.3, -0.25) is 5.41 Å². The van der Waals surface area contributed by atoms with Gasteiger partial charge in [0.15, 0.2) is 5.65 Å². The standard InChI is InChI=1S/C8H9N5S/c1-14-8-7-11-2-3-13(7)4-5(12-8)6(9)10/h2-4H,1H3,(H3,9,10). The second-order valence-corrected chi connectivity index (χ2v) is 3.50. The molecule has 0 unspecified atom stereocenters. The number of thioether (sulfide) groups is 1. The Hall–Kier alpha value is -1.56. The highest BCUT2D eigenvalue weighted by atomic mass is 32.2. The highest BCUT2D eigenvalue weighted by Gasteiger charge is 2.07. The van der Waals surface area contributed by atoms with Gasteiger partial charge in [-0.1, -0.05) is 0 Å². The van der Waals surface area contributed by atoms with Crippen LogP contribution < -0.4 is 5.73 Å². The summed E-state index contributed by atoms with van der Waals surface area (Å²) in [5.41, 5.74) is 6.64. The van der Waals surface area contributed by atoms with Gasteiger partial charge in [0.2, 0.25) is 0 Å². The molecule has 0 amide bonds. The van der Waals surface area contributed by atoms with Crippen LogP contribution in [0.15, 0.2) is 23.6 Å². The average Bonchev–Trinajstić information content (AvgIpc) is 2.63. The van der Waals surface area contributed by atoms with Gasteiger partial charge in [0, 0.05) is 18.6 Å². The lowest BCUT2D eigenvalue weighted by molar-refractivity contribution is 1.02. The van der Waals surface area contributed by atoms with Crippen LogP contribution in [0.5, 0.6) is 0 Å². The van der Waals surface area contributed by atoms with Gasteiger partial charge in [-0.15, -0.1) is 11.8 Å². The summed E-state index contributed by atoms with van der Waals surface area (Å²) in [6, 6.07) is 0. The molecule has 72 valence electrons. The van der Waals surface area contributed by atoms with E-state index >= 15 is 0 Å². The van der Waals surface area contributed by atoms with Crippen LogP contribution in [-0.4, -0.2) is 26.5 Å². The molecule has 0 bridgehead atoms. The van der Waals surface area contributed by atoms with Crippen molar-refractivity contribution in [3.63, 3.8) is 0 Å². The first kappa shape index (κ1) is 9.01. The number of amidine groups is 1. The van der Waals surface area contributed by atoms with E-state index in [0.717, 1.165) is 10.7 Å². The van der Waals surface area contributed by atoms with Crippen LogP contribution in [0, 0.1) is 5.41 Å².